The standard InChI is InChI=1S/C13H18N4O4/c1-9-7-12(14-8-11(9)17(19)20)15-10(2)13(18)16-3-5-21-6-4-16/h7-8,10H,3-6H2,1-2H3,(H,14,15). The van der Waals surface area contributed by atoms with E-state index in [0.29, 0.717) is 37.7 Å². The van der Waals surface area contributed by atoms with Gasteiger partial charge in [0, 0.05) is 18.7 Å². The zero-order chi connectivity index (χ0) is 15.4. The third-order valence-electron chi connectivity index (χ3n) is 3.34. The molecule has 2 rings (SSSR count). The van der Waals surface area contributed by atoms with Gasteiger partial charge in [0.1, 0.15) is 18.1 Å². The third-order valence-corrected chi connectivity index (χ3v) is 3.34. The number of pyridine rings is 1. The van der Waals surface area contributed by atoms with Crippen LogP contribution in [0.4, 0.5) is 11.5 Å². The van der Waals surface area contributed by atoms with Crippen molar-refractivity contribution in [2.45, 2.75) is 19.9 Å². The summed E-state index contributed by atoms with van der Waals surface area (Å²) in [5, 5.41) is 13.7. The van der Waals surface area contributed by atoms with Gasteiger partial charge in [-0.1, -0.05) is 0 Å². The zero-order valence-corrected chi connectivity index (χ0v) is 12.0. The highest BCUT2D eigenvalue weighted by molar-refractivity contribution is 5.84. The number of aromatic nitrogens is 1. The second-order valence-corrected chi connectivity index (χ2v) is 4.92. The summed E-state index contributed by atoms with van der Waals surface area (Å²) in [6.07, 6.45) is 1.20. The van der Waals surface area contributed by atoms with E-state index < -0.39 is 11.0 Å². The molecule has 8 heteroatoms. The van der Waals surface area contributed by atoms with Gasteiger partial charge in [-0.2, -0.15) is 0 Å². The van der Waals surface area contributed by atoms with Crippen molar-refractivity contribution in [2.24, 2.45) is 0 Å². The number of morpholine rings is 1. The second kappa shape index (κ2) is 6.49. The Labute approximate surface area is 122 Å². The van der Waals surface area contributed by atoms with Crippen LogP contribution in [0.2, 0.25) is 0 Å². The zero-order valence-electron chi connectivity index (χ0n) is 12.0. The first-order valence-corrected chi connectivity index (χ1v) is 6.73. The van der Waals surface area contributed by atoms with E-state index in [9.17, 15) is 14.9 Å². The number of ether oxygens (including phenoxy) is 1. The fourth-order valence-electron chi connectivity index (χ4n) is 2.16. The van der Waals surface area contributed by atoms with Gasteiger partial charge in [0.15, 0.2) is 0 Å². The summed E-state index contributed by atoms with van der Waals surface area (Å²) in [5.74, 6) is 0.420. The Hall–Kier alpha value is -2.22. The summed E-state index contributed by atoms with van der Waals surface area (Å²) < 4.78 is 5.21. The summed E-state index contributed by atoms with van der Waals surface area (Å²) in [4.78, 5) is 28.2. The monoisotopic (exact) mass is 294 g/mol. The molecule has 1 atom stereocenters. The number of aryl methyl sites for hydroxylation is 1. The van der Waals surface area contributed by atoms with E-state index >= 15 is 0 Å². The maximum atomic E-state index is 12.2. The highest BCUT2D eigenvalue weighted by Gasteiger charge is 2.23. The number of anilines is 1. The minimum Gasteiger partial charge on any atom is -0.378 e. The molecule has 1 saturated heterocycles. The van der Waals surface area contributed by atoms with E-state index in [4.69, 9.17) is 4.74 Å². The van der Waals surface area contributed by atoms with Crippen LogP contribution in [0.3, 0.4) is 0 Å². The Bertz CT molecular complexity index is 543. The number of hydrogen-bond acceptors (Lipinski definition) is 6. The topological polar surface area (TPSA) is 97.6 Å². The molecule has 0 spiro atoms. The Kier molecular flexibility index (Phi) is 4.69. The molecule has 1 N–H and O–H groups in total. The lowest BCUT2D eigenvalue weighted by Gasteiger charge is -2.29. The smallest absolute Gasteiger partial charge is 0.290 e. The molecule has 114 valence electrons. The number of hydrogen-bond donors (Lipinski definition) is 1. The summed E-state index contributed by atoms with van der Waals surface area (Å²) in [7, 11) is 0. The molecule has 1 aliphatic heterocycles. The van der Waals surface area contributed by atoms with Crippen molar-refractivity contribution >= 4 is 17.4 Å². The van der Waals surface area contributed by atoms with E-state index in [0.717, 1.165) is 0 Å². The van der Waals surface area contributed by atoms with Gasteiger partial charge in [0.05, 0.1) is 18.1 Å². The van der Waals surface area contributed by atoms with Crippen molar-refractivity contribution in [1.82, 2.24) is 9.88 Å². The van der Waals surface area contributed by atoms with Gasteiger partial charge in [0.25, 0.3) is 5.69 Å². The lowest BCUT2D eigenvalue weighted by molar-refractivity contribution is -0.385. The first-order valence-electron chi connectivity index (χ1n) is 6.73. The number of carbonyl (C=O) groups is 1. The Morgan fingerprint density at radius 3 is 2.76 bits per heavy atom. The van der Waals surface area contributed by atoms with Crippen molar-refractivity contribution < 1.29 is 14.5 Å². The van der Waals surface area contributed by atoms with Gasteiger partial charge < -0.3 is 15.0 Å². The predicted octanol–water partition coefficient (Wildman–Crippen LogP) is 0.957. The fraction of sp³-hybridized carbons (Fsp3) is 0.538. The van der Waals surface area contributed by atoms with E-state index in [-0.39, 0.29) is 11.6 Å². The molecule has 1 aromatic rings. The number of nitrogens with one attached hydrogen (secondary N) is 1. The lowest BCUT2D eigenvalue weighted by Crippen LogP contribution is -2.47. The van der Waals surface area contributed by atoms with Crippen LogP contribution in [0.15, 0.2) is 12.3 Å². The van der Waals surface area contributed by atoms with E-state index in [2.05, 4.69) is 10.3 Å². The fourth-order valence-corrected chi connectivity index (χ4v) is 2.16. The van der Waals surface area contributed by atoms with Crippen molar-refractivity contribution in [1.29, 1.82) is 0 Å². The maximum Gasteiger partial charge on any atom is 0.290 e. The largest absolute Gasteiger partial charge is 0.378 e. The molecular weight excluding hydrogens is 276 g/mol. The average molecular weight is 294 g/mol. The van der Waals surface area contributed by atoms with Crippen LogP contribution in [0.5, 0.6) is 0 Å². The molecule has 1 unspecified atom stereocenters. The Morgan fingerprint density at radius 1 is 1.52 bits per heavy atom. The molecule has 2 heterocycles. The third kappa shape index (κ3) is 3.66. The van der Waals surface area contributed by atoms with Gasteiger partial charge in [-0.25, -0.2) is 4.98 Å². The van der Waals surface area contributed by atoms with Crippen molar-refractivity contribution in [2.75, 3.05) is 31.6 Å². The Balaban J connectivity index is 2.01. The van der Waals surface area contributed by atoms with E-state index in [1.165, 1.54) is 6.20 Å². The van der Waals surface area contributed by atoms with Crippen LogP contribution in [-0.2, 0) is 9.53 Å². The number of nitro groups is 1. The van der Waals surface area contributed by atoms with Crippen molar-refractivity contribution in [3.05, 3.63) is 27.9 Å². The van der Waals surface area contributed by atoms with Gasteiger partial charge in [-0.3, -0.25) is 14.9 Å². The average Bonchev–Trinajstić information content (AvgIpc) is 2.47. The summed E-state index contributed by atoms with van der Waals surface area (Å²) in [5.41, 5.74) is 0.469. The lowest BCUT2D eigenvalue weighted by atomic mass is 10.2. The molecule has 1 aromatic heterocycles. The van der Waals surface area contributed by atoms with Crippen LogP contribution in [0.1, 0.15) is 12.5 Å². The highest BCUT2D eigenvalue weighted by atomic mass is 16.6. The quantitative estimate of drug-likeness (QED) is 0.656. The summed E-state index contributed by atoms with van der Waals surface area (Å²) >= 11 is 0. The maximum absolute atomic E-state index is 12.2. The molecule has 1 amide bonds. The van der Waals surface area contributed by atoms with Crippen LogP contribution < -0.4 is 5.32 Å². The van der Waals surface area contributed by atoms with Crippen molar-refractivity contribution in [3.63, 3.8) is 0 Å². The molecular formula is C13H18N4O4. The van der Waals surface area contributed by atoms with E-state index in [1.54, 1.807) is 24.8 Å². The number of nitrogens with zero attached hydrogens (tertiary/aromatic N) is 3. The van der Waals surface area contributed by atoms with Crippen molar-refractivity contribution in [3.8, 4) is 0 Å². The highest BCUT2D eigenvalue weighted by Crippen LogP contribution is 2.19. The van der Waals surface area contributed by atoms with Crippen LogP contribution >= 0.6 is 0 Å². The van der Waals surface area contributed by atoms with Crippen LogP contribution in [0, 0.1) is 17.0 Å². The molecule has 0 aliphatic carbocycles. The number of carbonyl (C=O) groups excluding carboxylic acids is 1. The summed E-state index contributed by atoms with van der Waals surface area (Å²) in [6.45, 7) is 5.64. The molecule has 1 fully saturated rings. The van der Waals surface area contributed by atoms with Gasteiger partial charge in [0.2, 0.25) is 5.91 Å². The minimum absolute atomic E-state index is 0.0314. The van der Waals surface area contributed by atoms with Crippen LogP contribution in [-0.4, -0.2) is 53.1 Å². The minimum atomic E-state index is -0.478. The Morgan fingerprint density at radius 2 is 2.19 bits per heavy atom. The number of amides is 1. The second-order valence-electron chi connectivity index (χ2n) is 4.92. The van der Waals surface area contributed by atoms with Gasteiger partial charge >= 0.3 is 0 Å². The first kappa shape index (κ1) is 15.2. The van der Waals surface area contributed by atoms with Gasteiger partial charge in [-0.15, -0.1) is 0 Å². The molecule has 8 nitrogen and oxygen atoms in total. The molecule has 0 aromatic carbocycles. The SMILES string of the molecule is Cc1cc(NC(C)C(=O)N2CCOCC2)ncc1[N+](=O)[O-]. The molecule has 0 bridgehead atoms. The van der Waals surface area contributed by atoms with Gasteiger partial charge in [-0.05, 0) is 19.9 Å². The van der Waals surface area contributed by atoms with E-state index in [1.807, 2.05) is 0 Å². The molecule has 21 heavy (non-hydrogen) atoms. The molecule has 1 aliphatic rings. The normalized spacial score (nSPS) is 16.4. The van der Waals surface area contributed by atoms with Crippen LogP contribution in [0.25, 0.3) is 0 Å². The number of rotatable bonds is 4. The first-order chi connectivity index (χ1) is 9.99. The summed E-state index contributed by atoms with van der Waals surface area (Å²) in [6, 6.07) is 1.12. The molecule has 0 saturated carbocycles. The molecule has 0 radical (unpaired) electrons. The predicted molar refractivity (Wildman–Crippen MR) is 76.1 cm³/mol.